The van der Waals surface area contributed by atoms with Gasteiger partial charge in [-0.2, -0.15) is 0 Å². The van der Waals surface area contributed by atoms with E-state index in [1.54, 1.807) is 24.3 Å². The van der Waals surface area contributed by atoms with Crippen LogP contribution >= 0.6 is 0 Å². The number of benzene rings is 2. The number of hydrogen-bond acceptors (Lipinski definition) is 5. The zero-order chi connectivity index (χ0) is 25.6. The van der Waals surface area contributed by atoms with Gasteiger partial charge in [-0.1, -0.05) is 37.1 Å². The van der Waals surface area contributed by atoms with E-state index in [1.807, 2.05) is 24.3 Å². The summed E-state index contributed by atoms with van der Waals surface area (Å²) in [5.41, 5.74) is 2.46. The zero-order valence-electron chi connectivity index (χ0n) is 20.8. The molecule has 194 valence electrons. The second-order valence-electron chi connectivity index (χ2n) is 9.62. The van der Waals surface area contributed by atoms with Gasteiger partial charge >= 0.3 is 0 Å². The molecule has 0 radical (unpaired) electrons. The van der Waals surface area contributed by atoms with Crippen LogP contribution in [0.25, 0.3) is 0 Å². The molecule has 0 spiro atoms. The summed E-state index contributed by atoms with van der Waals surface area (Å²) in [6.07, 6.45) is 5.45. The number of nitrogens with one attached hydrogen (secondary N) is 1. The number of carbonyl (C=O) groups is 2. The molecule has 5 rings (SSSR count). The Bertz CT molecular complexity index is 1170. The van der Waals surface area contributed by atoms with Crippen molar-refractivity contribution in [1.29, 1.82) is 0 Å². The molecule has 1 unspecified atom stereocenters. The topological polar surface area (TPSA) is 75.0 Å². The second-order valence-corrected chi connectivity index (χ2v) is 9.62. The first-order chi connectivity index (χ1) is 18.1. The summed E-state index contributed by atoms with van der Waals surface area (Å²) < 4.78 is 24.5. The first kappa shape index (κ1) is 25.0. The summed E-state index contributed by atoms with van der Waals surface area (Å²) in [5.74, 6) is -0.848. The Hall–Kier alpha value is -3.65. The van der Waals surface area contributed by atoms with Crippen molar-refractivity contribution in [2.45, 2.75) is 44.3 Å². The van der Waals surface area contributed by atoms with Crippen molar-refractivity contribution in [2.24, 2.45) is 0 Å². The molecule has 1 N–H and O–H groups in total. The maximum absolute atomic E-state index is 13.8. The van der Waals surface area contributed by atoms with Gasteiger partial charge in [0.05, 0.1) is 19.5 Å². The number of halogens is 1. The maximum atomic E-state index is 13.8. The van der Waals surface area contributed by atoms with Crippen LogP contribution in [0.5, 0.6) is 0 Å². The van der Waals surface area contributed by atoms with E-state index in [0.717, 1.165) is 44.5 Å². The van der Waals surface area contributed by atoms with Crippen LogP contribution in [0.15, 0.2) is 71.3 Å². The molecule has 8 heteroatoms. The zero-order valence-corrected chi connectivity index (χ0v) is 20.8. The maximum Gasteiger partial charge on any atom is 0.290 e. The third-order valence-electron chi connectivity index (χ3n) is 7.11. The number of anilines is 1. The van der Waals surface area contributed by atoms with Crippen LogP contribution in [0.3, 0.4) is 0 Å². The van der Waals surface area contributed by atoms with E-state index in [0.29, 0.717) is 24.3 Å². The number of nitrogens with zero attached hydrogens (tertiary/aromatic N) is 2. The summed E-state index contributed by atoms with van der Waals surface area (Å²) in [4.78, 5) is 31.3. The van der Waals surface area contributed by atoms with E-state index in [4.69, 9.17) is 9.15 Å². The summed E-state index contributed by atoms with van der Waals surface area (Å²) in [7, 11) is 0. The van der Waals surface area contributed by atoms with E-state index in [9.17, 15) is 14.0 Å². The lowest BCUT2D eigenvalue weighted by atomic mass is 10.0. The van der Waals surface area contributed by atoms with Gasteiger partial charge in [-0.3, -0.25) is 9.59 Å². The Morgan fingerprint density at radius 2 is 1.70 bits per heavy atom. The quantitative estimate of drug-likeness (QED) is 0.481. The van der Waals surface area contributed by atoms with Gasteiger partial charge in [0.2, 0.25) is 5.91 Å². The Morgan fingerprint density at radius 1 is 1.00 bits per heavy atom. The van der Waals surface area contributed by atoms with Gasteiger partial charge in [0, 0.05) is 31.4 Å². The molecule has 2 aliphatic rings. The Labute approximate surface area is 216 Å². The van der Waals surface area contributed by atoms with Crippen molar-refractivity contribution >= 4 is 17.5 Å². The Balaban J connectivity index is 1.50. The average Bonchev–Trinajstić information content (AvgIpc) is 3.65. The van der Waals surface area contributed by atoms with Crippen LogP contribution in [0.1, 0.15) is 53.4 Å². The highest BCUT2D eigenvalue weighted by molar-refractivity contribution is 5.96. The fraction of sp³-hybridized carbons (Fsp3) is 0.379. The van der Waals surface area contributed by atoms with Crippen LogP contribution in [-0.4, -0.2) is 49.1 Å². The van der Waals surface area contributed by atoms with Gasteiger partial charge in [0.15, 0.2) is 5.76 Å². The van der Waals surface area contributed by atoms with Gasteiger partial charge in [-0.05, 0) is 60.4 Å². The SMILES string of the molecule is O=C(NC1CCCC1)C(c1ccc(N2CCOCC2)cc1)N(Cc1ccc(F)cc1)C(=O)c1ccco1. The molecule has 1 aliphatic carbocycles. The lowest BCUT2D eigenvalue weighted by Gasteiger charge is -2.33. The predicted molar refractivity (Wildman–Crippen MR) is 138 cm³/mol. The molecule has 2 fully saturated rings. The average molecular weight is 506 g/mol. The number of hydrogen-bond donors (Lipinski definition) is 1. The van der Waals surface area contributed by atoms with E-state index in [1.165, 1.54) is 23.3 Å². The molecule has 1 saturated carbocycles. The minimum absolute atomic E-state index is 0.0917. The molecule has 1 saturated heterocycles. The third-order valence-corrected chi connectivity index (χ3v) is 7.11. The first-order valence-corrected chi connectivity index (χ1v) is 12.9. The fourth-order valence-corrected chi connectivity index (χ4v) is 5.12. The van der Waals surface area contributed by atoms with E-state index < -0.39 is 11.9 Å². The number of amides is 2. The summed E-state index contributed by atoms with van der Waals surface area (Å²) in [6, 6.07) is 16.2. The van der Waals surface area contributed by atoms with Crippen molar-refractivity contribution in [3.63, 3.8) is 0 Å². The molecule has 3 aromatic rings. The van der Waals surface area contributed by atoms with Crippen molar-refractivity contribution < 1.29 is 23.1 Å². The first-order valence-electron chi connectivity index (χ1n) is 12.9. The van der Waals surface area contributed by atoms with Gasteiger partial charge < -0.3 is 24.3 Å². The van der Waals surface area contributed by atoms with E-state index in [2.05, 4.69) is 10.2 Å². The number of carbonyl (C=O) groups excluding carboxylic acids is 2. The minimum Gasteiger partial charge on any atom is -0.459 e. The van der Waals surface area contributed by atoms with Crippen molar-refractivity contribution in [3.05, 3.63) is 89.6 Å². The summed E-state index contributed by atoms with van der Waals surface area (Å²) in [6.45, 7) is 3.08. The molecule has 1 atom stereocenters. The highest BCUT2D eigenvalue weighted by Gasteiger charge is 2.35. The monoisotopic (exact) mass is 505 g/mol. The van der Waals surface area contributed by atoms with Crippen LogP contribution in [0.4, 0.5) is 10.1 Å². The molecule has 7 nitrogen and oxygen atoms in total. The molecule has 2 amide bonds. The minimum atomic E-state index is -0.887. The summed E-state index contributed by atoms with van der Waals surface area (Å²) >= 11 is 0. The van der Waals surface area contributed by atoms with Gasteiger partial charge in [-0.15, -0.1) is 0 Å². The van der Waals surface area contributed by atoms with E-state index >= 15 is 0 Å². The molecular weight excluding hydrogens is 473 g/mol. The number of rotatable bonds is 8. The number of ether oxygens (including phenoxy) is 1. The van der Waals surface area contributed by atoms with Gasteiger partial charge in [0.25, 0.3) is 5.91 Å². The molecule has 2 heterocycles. The highest BCUT2D eigenvalue weighted by Crippen LogP contribution is 2.29. The molecule has 0 bridgehead atoms. The summed E-state index contributed by atoms with van der Waals surface area (Å²) in [5, 5.41) is 3.18. The standard InChI is InChI=1S/C29H32FN3O4/c30-23-11-7-21(8-12-23)20-33(29(35)26-6-3-17-37-26)27(28(34)31-24-4-1-2-5-24)22-9-13-25(14-10-22)32-15-18-36-19-16-32/h3,6-14,17,24,27H,1-2,4-5,15-16,18-20H2,(H,31,34). The van der Waals surface area contributed by atoms with Gasteiger partial charge in [0.1, 0.15) is 11.9 Å². The molecule has 1 aromatic heterocycles. The van der Waals surface area contributed by atoms with Crippen LogP contribution in [0.2, 0.25) is 0 Å². The third kappa shape index (κ3) is 6.02. The molecule has 2 aromatic carbocycles. The Kier molecular flexibility index (Phi) is 7.84. The fourth-order valence-electron chi connectivity index (χ4n) is 5.12. The number of furan rings is 1. The van der Waals surface area contributed by atoms with Crippen molar-refractivity contribution in [2.75, 3.05) is 31.2 Å². The van der Waals surface area contributed by atoms with Crippen molar-refractivity contribution in [3.8, 4) is 0 Å². The molecule has 1 aliphatic heterocycles. The predicted octanol–water partition coefficient (Wildman–Crippen LogP) is 4.70. The normalized spacial score (nSPS) is 16.9. The molecular formula is C29H32FN3O4. The number of morpholine rings is 1. The molecule has 37 heavy (non-hydrogen) atoms. The second kappa shape index (κ2) is 11.6. The highest BCUT2D eigenvalue weighted by atomic mass is 19.1. The lowest BCUT2D eigenvalue weighted by Crippen LogP contribution is -2.45. The smallest absolute Gasteiger partial charge is 0.290 e. The lowest BCUT2D eigenvalue weighted by molar-refractivity contribution is -0.126. The van der Waals surface area contributed by atoms with Crippen LogP contribution < -0.4 is 10.2 Å². The van der Waals surface area contributed by atoms with Crippen LogP contribution in [0, 0.1) is 5.82 Å². The van der Waals surface area contributed by atoms with Crippen molar-refractivity contribution in [1.82, 2.24) is 10.2 Å². The van der Waals surface area contributed by atoms with E-state index in [-0.39, 0.29) is 30.1 Å². The van der Waals surface area contributed by atoms with Gasteiger partial charge in [-0.25, -0.2) is 4.39 Å². The Morgan fingerprint density at radius 3 is 2.35 bits per heavy atom. The van der Waals surface area contributed by atoms with Crippen LogP contribution in [-0.2, 0) is 16.1 Å². The largest absolute Gasteiger partial charge is 0.459 e.